The van der Waals surface area contributed by atoms with Gasteiger partial charge in [-0.3, -0.25) is 4.79 Å². The lowest BCUT2D eigenvalue weighted by molar-refractivity contribution is -0.117. The van der Waals surface area contributed by atoms with Gasteiger partial charge in [-0.1, -0.05) is 31.2 Å². The fourth-order valence-electron chi connectivity index (χ4n) is 2.57. The summed E-state index contributed by atoms with van der Waals surface area (Å²) in [6.45, 7) is 6.21. The van der Waals surface area contributed by atoms with Crippen molar-refractivity contribution < 1.29 is 9.53 Å². The molecule has 28 heavy (non-hydrogen) atoms. The normalized spacial score (nSPS) is 12.0. The van der Waals surface area contributed by atoms with E-state index in [0.717, 1.165) is 29.0 Å². The van der Waals surface area contributed by atoms with Gasteiger partial charge in [0.15, 0.2) is 0 Å². The van der Waals surface area contributed by atoms with Crippen molar-refractivity contribution in [2.75, 3.05) is 6.26 Å². The average Bonchev–Trinajstić information content (AvgIpc) is 2.69. The zero-order chi connectivity index (χ0) is 20.5. The van der Waals surface area contributed by atoms with Crippen LogP contribution in [0, 0.1) is 6.92 Å². The molecule has 4 nitrogen and oxygen atoms in total. The summed E-state index contributed by atoms with van der Waals surface area (Å²) in [5, 5.41) is 2.91. The number of amides is 1. The van der Waals surface area contributed by atoms with Gasteiger partial charge in [0.25, 0.3) is 5.91 Å². The molecule has 0 atom stereocenters. The van der Waals surface area contributed by atoms with Crippen molar-refractivity contribution in [3.63, 3.8) is 0 Å². The van der Waals surface area contributed by atoms with Crippen LogP contribution in [0.5, 0.6) is 11.5 Å². The molecule has 0 unspecified atom stereocenters. The Morgan fingerprint density at radius 3 is 2.50 bits per heavy atom. The molecule has 0 spiro atoms. The predicted octanol–water partition coefficient (Wildman–Crippen LogP) is 5.32. The number of rotatable bonds is 8. The number of nitrogens with one attached hydrogen (secondary N) is 1. The Bertz CT molecular complexity index is 867. The maximum absolute atomic E-state index is 12.3. The summed E-state index contributed by atoms with van der Waals surface area (Å²) >= 11 is 1.71. The lowest BCUT2D eigenvalue weighted by Gasteiger charge is -2.11. The fraction of sp³-hybridized carbons (Fsp3) is 0.261. The number of allylic oxidation sites excluding steroid dienone is 2. The van der Waals surface area contributed by atoms with E-state index < -0.39 is 0 Å². The van der Waals surface area contributed by atoms with Gasteiger partial charge in [0.05, 0.1) is 5.57 Å². The first-order chi connectivity index (χ1) is 13.4. The molecule has 0 aromatic heterocycles. The van der Waals surface area contributed by atoms with Crippen LogP contribution in [0.4, 0.5) is 0 Å². The molecule has 0 aliphatic rings. The van der Waals surface area contributed by atoms with Gasteiger partial charge in [0.2, 0.25) is 0 Å². The van der Waals surface area contributed by atoms with E-state index in [1.165, 1.54) is 4.90 Å². The average molecular weight is 397 g/mol. The van der Waals surface area contributed by atoms with Crippen molar-refractivity contribution in [2.24, 2.45) is 5.73 Å². The summed E-state index contributed by atoms with van der Waals surface area (Å²) in [5.41, 5.74) is 8.92. The quantitative estimate of drug-likeness (QED) is 0.360. The van der Waals surface area contributed by atoms with Gasteiger partial charge in [-0.15, -0.1) is 11.8 Å². The number of aryl methyl sites for hydroxylation is 1. The number of hydrogen-bond acceptors (Lipinski definition) is 4. The van der Waals surface area contributed by atoms with Crippen LogP contribution in [0.15, 0.2) is 70.8 Å². The SMILES string of the molecule is CC/C=C\C(C(=O)NCc1ccc(Oc2ccc(SC)cc2C)cc1)=C(/C)N. The number of ether oxygens (including phenoxy) is 1. The molecule has 0 saturated heterocycles. The van der Waals surface area contributed by atoms with E-state index in [4.69, 9.17) is 10.5 Å². The van der Waals surface area contributed by atoms with Crippen LogP contribution in [0.1, 0.15) is 31.4 Å². The standard InChI is InChI=1S/C23H28N2O2S/c1-5-6-7-21(17(3)24)23(26)25-15-18-8-10-19(11-9-18)27-22-13-12-20(28-4)14-16(22)2/h6-14H,5,15,24H2,1-4H3,(H,25,26)/b7-6-,21-17-. The molecular formula is C23H28N2O2S. The highest BCUT2D eigenvalue weighted by Gasteiger charge is 2.09. The lowest BCUT2D eigenvalue weighted by atomic mass is 10.1. The van der Waals surface area contributed by atoms with Gasteiger partial charge in [-0.25, -0.2) is 0 Å². The smallest absolute Gasteiger partial charge is 0.253 e. The monoisotopic (exact) mass is 396 g/mol. The molecule has 0 radical (unpaired) electrons. The second kappa shape index (κ2) is 10.6. The van der Waals surface area contributed by atoms with Gasteiger partial charge < -0.3 is 15.8 Å². The van der Waals surface area contributed by atoms with Gasteiger partial charge in [-0.2, -0.15) is 0 Å². The molecule has 0 saturated carbocycles. The van der Waals surface area contributed by atoms with Gasteiger partial charge in [-0.05, 0) is 68.0 Å². The van der Waals surface area contributed by atoms with Crippen LogP contribution < -0.4 is 15.8 Å². The largest absolute Gasteiger partial charge is 0.457 e. The Labute approximate surface area is 171 Å². The van der Waals surface area contributed by atoms with Crippen molar-refractivity contribution in [1.82, 2.24) is 5.32 Å². The highest BCUT2D eigenvalue weighted by atomic mass is 32.2. The van der Waals surface area contributed by atoms with Crippen molar-refractivity contribution >= 4 is 17.7 Å². The van der Waals surface area contributed by atoms with Crippen LogP contribution in [-0.2, 0) is 11.3 Å². The zero-order valence-electron chi connectivity index (χ0n) is 16.9. The third-order valence-corrected chi connectivity index (χ3v) is 4.90. The summed E-state index contributed by atoms with van der Waals surface area (Å²) < 4.78 is 5.97. The molecule has 0 fully saturated rings. The van der Waals surface area contributed by atoms with E-state index in [1.54, 1.807) is 24.8 Å². The topological polar surface area (TPSA) is 64.3 Å². The summed E-state index contributed by atoms with van der Waals surface area (Å²) in [5.74, 6) is 1.43. The molecular weight excluding hydrogens is 368 g/mol. The Kier molecular flexibility index (Phi) is 8.20. The number of carbonyl (C=O) groups is 1. The molecule has 2 aromatic rings. The van der Waals surface area contributed by atoms with E-state index in [-0.39, 0.29) is 5.91 Å². The third kappa shape index (κ3) is 6.20. The second-order valence-electron chi connectivity index (χ2n) is 6.47. The Morgan fingerprint density at radius 1 is 1.21 bits per heavy atom. The molecule has 3 N–H and O–H groups in total. The molecule has 5 heteroatoms. The first-order valence-electron chi connectivity index (χ1n) is 9.27. The number of nitrogens with two attached hydrogens (primary N) is 1. The van der Waals surface area contributed by atoms with Crippen LogP contribution in [0.2, 0.25) is 0 Å². The highest BCUT2D eigenvalue weighted by molar-refractivity contribution is 7.98. The van der Waals surface area contributed by atoms with Crippen molar-refractivity contribution in [3.8, 4) is 11.5 Å². The molecule has 0 aliphatic heterocycles. The first-order valence-corrected chi connectivity index (χ1v) is 10.5. The van der Waals surface area contributed by atoms with Crippen molar-refractivity contribution in [2.45, 2.75) is 38.6 Å². The molecule has 0 aliphatic carbocycles. The zero-order valence-corrected chi connectivity index (χ0v) is 17.7. The summed E-state index contributed by atoms with van der Waals surface area (Å²) in [6.07, 6.45) is 6.60. The Morgan fingerprint density at radius 2 is 1.93 bits per heavy atom. The Balaban J connectivity index is 1.98. The molecule has 0 bridgehead atoms. The van der Waals surface area contributed by atoms with Crippen molar-refractivity contribution in [1.29, 1.82) is 0 Å². The highest BCUT2D eigenvalue weighted by Crippen LogP contribution is 2.28. The Hall–Kier alpha value is -2.66. The molecule has 148 valence electrons. The van der Waals surface area contributed by atoms with Crippen LogP contribution >= 0.6 is 11.8 Å². The van der Waals surface area contributed by atoms with E-state index in [9.17, 15) is 4.79 Å². The van der Waals surface area contributed by atoms with Crippen LogP contribution in [0.3, 0.4) is 0 Å². The lowest BCUT2D eigenvalue weighted by Crippen LogP contribution is -2.25. The maximum atomic E-state index is 12.3. The van der Waals surface area contributed by atoms with E-state index in [2.05, 4.69) is 23.7 Å². The van der Waals surface area contributed by atoms with E-state index in [1.807, 2.05) is 50.3 Å². The number of thioether (sulfide) groups is 1. The van der Waals surface area contributed by atoms with Gasteiger partial charge in [0.1, 0.15) is 11.5 Å². The minimum Gasteiger partial charge on any atom is -0.457 e. The van der Waals surface area contributed by atoms with Crippen LogP contribution in [-0.4, -0.2) is 12.2 Å². The van der Waals surface area contributed by atoms with Gasteiger partial charge >= 0.3 is 0 Å². The minimum absolute atomic E-state index is 0.172. The summed E-state index contributed by atoms with van der Waals surface area (Å²) in [6, 6.07) is 13.9. The fourth-order valence-corrected chi connectivity index (χ4v) is 3.06. The summed E-state index contributed by atoms with van der Waals surface area (Å²) in [4.78, 5) is 13.5. The second-order valence-corrected chi connectivity index (χ2v) is 7.35. The number of carbonyl (C=O) groups excluding carboxylic acids is 1. The maximum Gasteiger partial charge on any atom is 0.253 e. The first kappa shape index (κ1) is 21.6. The van der Waals surface area contributed by atoms with E-state index >= 15 is 0 Å². The molecule has 2 rings (SSSR count). The number of hydrogen-bond donors (Lipinski definition) is 2. The summed E-state index contributed by atoms with van der Waals surface area (Å²) in [7, 11) is 0. The molecule has 2 aromatic carbocycles. The van der Waals surface area contributed by atoms with Crippen LogP contribution in [0.25, 0.3) is 0 Å². The van der Waals surface area contributed by atoms with Crippen molar-refractivity contribution in [3.05, 3.63) is 77.0 Å². The minimum atomic E-state index is -0.172. The predicted molar refractivity (Wildman–Crippen MR) is 118 cm³/mol. The van der Waals surface area contributed by atoms with E-state index in [0.29, 0.717) is 17.8 Å². The number of benzene rings is 2. The molecule has 1 amide bonds. The molecule has 0 heterocycles. The van der Waals surface area contributed by atoms with Gasteiger partial charge in [0, 0.05) is 17.1 Å². The third-order valence-electron chi connectivity index (χ3n) is 4.18.